The summed E-state index contributed by atoms with van der Waals surface area (Å²) < 4.78 is 13.7. The third-order valence-corrected chi connectivity index (χ3v) is 4.87. The van der Waals surface area contributed by atoms with Crippen molar-refractivity contribution in [1.82, 2.24) is 0 Å². The third kappa shape index (κ3) is 3.74. The van der Waals surface area contributed by atoms with Crippen LogP contribution in [0, 0.1) is 5.82 Å². The highest BCUT2D eigenvalue weighted by Crippen LogP contribution is 2.32. The zero-order valence-corrected chi connectivity index (χ0v) is 13.5. The first-order chi connectivity index (χ1) is 9.11. The summed E-state index contributed by atoms with van der Waals surface area (Å²) in [5.41, 5.74) is 1.68. The molecule has 2 rings (SSSR count). The van der Waals surface area contributed by atoms with Crippen molar-refractivity contribution >= 4 is 39.3 Å². The van der Waals surface area contributed by atoms with E-state index in [-0.39, 0.29) is 10.6 Å². The highest BCUT2D eigenvalue weighted by molar-refractivity contribution is 9.09. The predicted molar refractivity (Wildman–Crippen MR) is 85.0 cm³/mol. The molecule has 4 heteroatoms. The monoisotopic (exact) mass is 358 g/mol. The molecule has 0 bridgehead atoms. The lowest BCUT2D eigenvalue weighted by molar-refractivity contribution is 0.608. The van der Waals surface area contributed by atoms with Crippen LogP contribution >= 0.6 is 39.3 Å². The van der Waals surface area contributed by atoms with Gasteiger partial charge in [-0.25, -0.2) is 4.39 Å². The fraction of sp³-hybridized carbons (Fsp3) is 0.200. The molecule has 100 valence electrons. The number of hydrogen-bond acceptors (Lipinski definition) is 1. The minimum Gasteiger partial charge on any atom is -0.207 e. The van der Waals surface area contributed by atoms with E-state index >= 15 is 0 Å². The molecule has 1 atom stereocenters. The van der Waals surface area contributed by atoms with Crippen molar-refractivity contribution in [2.45, 2.75) is 16.1 Å². The van der Waals surface area contributed by atoms with Crippen molar-refractivity contribution in [3.63, 3.8) is 0 Å². The van der Waals surface area contributed by atoms with E-state index in [9.17, 15) is 4.39 Å². The molecule has 19 heavy (non-hydrogen) atoms. The standard InChI is InChI=1S/C15H13BrClFS/c1-19-11-7-5-10(6-8-11)13(16)9-12-14(17)3-2-4-15(12)18/h2-8,13H,9H2,1H3. The van der Waals surface area contributed by atoms with Gasteiger partial charge in [0.05, 0.1) is 0 Å². The first kappa shape index (κ1) is 14.9. The number of alkyl halides is 1. The van der Waals surface area contributed by atoms with E-state index in [1.165, 1.54) is 11.0 Å². The molecule has 0 aliphatic rings. The van der Waals surface area contributed by atoms with Gasteiger partial charge in [-0.15, -0.1) is 11.8 Å². The molecule has 0 aliphatic heterocycles. The van der Waals surface area contributed by atoms with Gasteiger partial charge in [0.25, 0.3) is 0 Å². The van der Waals surface area contributed by atoms with Crippen LogP contribution in [-0.2, 0) is 6.42 Å². The molecule has 1 unspecified atom stereocenters. The Morgan fingerprint density at radius 1 is 1.21 bits per heavy atom. The third-order valence-electron chi connectivity index (χ3n) is 2.92. The van der Waals surface area contributed by atoms with E-state index in [1.807, 2.05) is 6.26 Å². The molecular formula is C15H13BrClFS. The van der Waals surface area contributed by atoms with Gasteiger partial charge in [-0.1, -0.05) is 45.7 Å². The first-order valence-corrected chi connectivity index (χ1v) is 8.34. The van der Waals surface area contributed by atoms with Crippen LogP contribution in [0.4, 0.5) is 4.39 Å². The van der Waals surface area contributed by atoms with Crippen LogP contribution in [0.3, 0.4) is 0 Å². The molecule has 0 aliphatic carbocycles. The fourth-order valence-corrected chi connectivity index (χ4v) is 3.11. The molecule has 0 saturated heterocycles. The summed E-state index contributed by atoms with van der Waals surface area (Å²) in [5.74, 6) is -0.252. The summed E-state index contributed by atoms with van der Waals surface area (Å²) in [6.45, 7) is 0. The summed E-state index contributed by atoms with van der Waals surface area (Å²) in [6.07, 6.45) is 2.57. The van der Waals surface area contributed by atoms with Gasteiger partial charge < -0.3 is 0 Å². The minimum atomic E-state index is -0.252. The first-order valence-electron chi connectivity index (χ1n) is 5.82. The number of hydrogen-bond donors (Lipinski definition) is 0. The lowest BCUT2D eigenvalue weighted by Gasteiger charge is -2.12. The van der Waals surface area contributed by atoms with Crippen LogP contribution < -0.4 is 0 Å². The Morgan fingerprint density at radius 3 is 2.47 bits per heavy atom. The Bertz CT molecular complexity index is 536. The number of benzene rings is 2. The summed E-state index contributed by atoms with van der Waals surface area (Å²) in [5, 5.41) is 0.477. The summed E-state index contributed by atoms with van der Waals surface area (Å²) in [6, 6.07) is 13.0. The van der Waals surface area contributed by atoms with Crippen molar-refractivity contribution in [3.8, 4) is 0 Å². The maximum absolute atomic E-state index is 13.7. The quantitative estimate of drug-likeness (QED) is 0.485. The zero-order valence-electron chi connectivity index (χ0n) is 10.4. The summed E-state index contributed by atoms with van der Waals surface area (Å²) in [7, 11) is 0. The molecule has 0 aromatic heterocycles. The van der Waals surface area contributed by atoms with Gasteiger partial charge in [-0.05, 0) is 42.5 Å². The second-order valence-electron chi connectivity index (χ2n) is 4.15. The number of thioether (sulfide) groups is 1. The van der Waals surface area contributed by atoms with Gasteiger partial charge in [-0.3, -0.25) is 0 Å². The van der Waals surface area contributed by atoms with E-state index in [2.05, 4.69) is 40.2 Å². The van der Waals surface area contributed by atoms with Crippen molar-refractivity contribution in [1.29, 1.82) is 0 Å². The van der Waals surface area contributed by atoms with Crippen LogP contribution in [-0.4, -0.2) is 6.26 Å². The smallest absolute Gasteiger partial charge is 0.127 e. The summed E-state index contributed by atoms with van der Waals surface area (Å²) in [4.78, 5) is 1.27. The molecule has 0 saturated carbocycles. The van der Waals surface area contributed by atoms with E-state index in [0.29, 0.717) is 17.0 Å². The Morgan fingerprint density at radius 2 is 1.89 bits per heavy atom. The van der Waals surface area contributed by atoms with Crippen LogP contribution in [0.5, 0.6) is 0 Å². The van der Waals surface area contributed by atoms with Crippen LogP contribution in [0.2, 0.25) is 5.02 Å². The normalized spacial score (nSPS) is 12.4. The zero-order chi connectivity index (χ0) is 13.8. The van der Waals surface area contributed by atoms with Gasteiger partial charge in [-0.2, -0.15) is 0 Å². The molecule has 0 fully saturated rings. The highest BCUT2D eigenvalue weighted by atomic mass is 79.9. The molecule has 0 heterocycles. The van der Waals surface area contributed by atoms with Crippen molar-refractivity contribution in [2.24, 2.45) is 0 Å². The van der Waals surface area contributed by atoms with Crippen LogP contribution in [0.15, 0.2) is 47.4 Å². The lowest BCUT2D eigenvalue weighted by atomic mass is 10.0. The van der Waals surface area contributed by atoms with E-state index in [0.717, 1.165) is 5.56 Å². The molecule has 0 spiro atoms. The van der Waals surface area contributed by atoms with Crippen molar-refractivity contribution in [2.75, 3.05) is 6.26 Å². The SMILES string of the molecule is CSc1ccc(C(Br)Cc2c(F)cccc2Cl)cc1. The largest absolute Gasteiger partial charge is 0.207 e. The highest BCUT2D eigenvalue weighted by Gasteiger charge is 2.14. The van der Waals surface area contributed by atoms with Gasteiger partial charge in [0.15, 0.2) is 0 Å². The minimum absolute atomic E-state index is 0.0535. The Hall–Kier alpha value is -0.510. The van der Waals surface area contributed by atoms with Crippen LogP contribution in [0.1, 0.15) is 16.0 Å². The van der Waals surface area contributed by atoms with Crippen molar-refractivity contribution in [3.05, 3.63) is 64.4 Å². The molecule has 0 nitrogen and oxygen atoms in total. The average molecular weight is 360 g/mol. The molecular weight excluding hydrogens is 347 g/mol. The Balaban J connectivity index is 2.18. The maximum atomic E-state index is 13.7. The average Bonchev–Trinajstić information content (AvgIpc) is 2.43. The second-order valence-corrected chi connectivity index (χ2v) is 6.54. The van der Waals surface area contributed by atoms with Gasteiger partial charge in [0.1, 0.15) is 5.82 Å². The van der Waals surface area contributed by atoms with Crippen molar-refractivity contribution < 1.29 is 4.39 Å². The van der Waals surface area contributed by atoms with Gasteiger partial charge in [0, 0.05) is 20.3 Å². The molecule has 0 radical (unpaired) electrons. The maximum Gasteiger partial charge on any atom is 0.127 e. The van der Waals surface area contributed by atoms with E-state index < -0.39 is 0 Å². The van der Waals surface area contributed by atoms with Gasteiger partial charge in [0.2, 0.25) is 0 Å². The van der Waals surface area contributed by atoms with Gasteiger partial charge >= 0.3 is 0 Å². The number of halogens is 3. The molecule has 0 amide bonds. The van der Waals surface area contributed by atoms with E-state index in [4.69, 9.17) is 11.6 Å². The Labute approximate surface area is 130 Å². The lowest BCUT2D eigenvalue weighted by Crippen LogP contribution is -1.99. The predicted octanol–water partition coefficient (Wildman–Crippen LogP) is 5.88. The number of rotatable bonds is 4. The van der Waals surface area contributed by atoms with Crippen LogP contribution in [0.25, 0.3) is 0 Å². The fourth-order valence-electron chi connectivity index (χ4n) is 1.84. The van der Waals surface area contributed by atoms with E-state index in [1.54, 1.807) is 23.9 Å². The molecule has 2 aromatic carbocycles. The second kappa shape index (κ2) is 6.78. The molecule has 0 N–H and O–H groups in total. The molecule has 2 aromatic rings. The summed E-state index contributed by atoms with van der Waals surface area (Å²) >= 11 is 11.4. The topological polar surface area (TPSA) is 0 Å². The Kier molecular flexibility index (Phi) is 5.31.